The highest BCUT2D eigenvalue weighted by molar-refractivity contribution is 6.39. The molecular weight excluding hydrogens is 340 g/mol. The number of anilines is 1. The zero-order valence-corrected chi connectivity index (χ0v) is 15.5. The summed E-state index contributed by atoms with van der Waals surface area (Å²) >= 11 is 0. The summed E-state index contributed by atoms with van der Waals surface area (Å²) in [6.07, 6.45) is 0. The average Bonchev–Trinajstić information content (AvgIpc) is 2.71. The van der Waals surface area contributed by atoms with Crippen LogP contribution in [-0.4, -0.2) is 51.1 Å². The van der Waals surface area contributed by atoms with E-state index in [1.165, 1.54) is 10.5 Å². The molecule has 3 rings (SSSR count). The Balaban J connectivity index is 1.32. The number of para-hydroxylation sites is 1. The molecule has 2 aromatic carbocycles. The van der Waals surface area contributed by atoms with Gasteiger partial charge in [-0.15, -0.1) is 0 Å². The maximum absolute atomic E-state index is 11.9. The number of carbonyl (C=O) groups is 2. The third-order valence-electron chi connectivity index (χ3n) is 4.96. The molecule has 6 heteroatoms. The molecule has 142 valence electrons. The molecule has 0 aromatic heterocycles. The minimum absolute atomic E-state index is 0.518. The topological polar surface area (TPSA) is 67.1 Å². The lowest BCUT2D eigenvalue weighted by atomic mass is 10.2. The second-order valence-corrected chi connectivity index (χ2v) is 6.99. The Labute approximate surface area is 160 Å². The minimum Gasteiger partial charge on any atom is -0.342 e. The molecule has 6 nitrogen and oxygen atoms in total. The lowest BCUT2D eigenvalue weighted by Gasteiger charge is -2.29. The standard InChI is InChI=1S/C21H26N4O2/c26-20(21(27)23-19-9-5-2-6-10-19)22-11-12-24-13-15-25(16-14-24)17-18-7-3-1-4-8-18/h1-10H,11-17H2,(H,22,26)(H,23,27)/p+2. The van der Waals surface area contributed by atoms with Crippen molar-refractivity contribution < 1.29 is 19.4 Å². The maximum atomic E-state index is 11.9. The SMILES string of the molecule is O=C(NCC[NH+]1CC[NH+](Cc2ccccc2)CC1)C(=O)Nc1ccccc1. The molecule has 0 bridgehead atoms. The molecule has 0 radical (unpaired) electrons. The maximum Gasteiger partial charge on any atom is 0.313 e. The first-order valence-electron chi connectivity index (χ1n) is 9.56. The molecule has 1 fully saturated rings. The Bertz CT molecular complexity index is 728. The first-order chi connectivity index (χ1) is 13.2. The Morgan fingerprint density at radius 2 is 1.37 bits per heavy atom. The van der Waals surface area contributed by atoms with Gasteiger partial charge in [-0.1, -0.05) is 48.5 Å². The number of nitrogens with one attached hydrogen (secondary N) is 4. The summed E-state index contributed by atoms with van der Waals surface area (Å²) in [4.78, 5) is 26.9. The lowest BCUT2D eigenvalue weighted by molar-refractivity contribution is -1.02. The minimum atomic E-state index is -0.617. The van der Waals surface area contributed by atoms with E-state index < -0.39 is 11.8 Å². The highest BCUT2D eigenvalue weighted by atomic mass is 16.2. The zero-order chi connectivity index (χ0) is 18.9. The average molecular weight is 368 g/mol. The van der Waals surface area contributed by atoms with Crippen molar-refractivity contribution in [2.45, 2.75) is 6.54 Å². The van der Waals surface area contributed by atoms with E-state index in [0.29, 0.717) is 12.2 Å². The molecule has 4 N–H and O–H groups in total. The van der Waals surface area contributed by atoms with E-state index in [1.807, 2.05) is 18.2 Å². The van der Waals surface area contributed by atoms with Gasteiger partial charge in [0.25, 0.3) is 0 Å². The van der Waals surface area contributed by atoms with Crippen molar-refractivity contribution in [3.8, 4) is 0 Å². The molecule has 0 saturated carbocycles. The van der Waals surface area contributed by atoms with E-state index >= 15 is 0 Å². The van der Waals surface area contributed by atoms with Crippen LogP contribution in [0.3, 0.4) is 0 Å². The highest BCUT2D eigenvalue weighted by Gasteiger charge is 2.23. The van der Waals surface area contributed by atoms with Crippen LogP contribution >= 0.6 is 0 Å². The van der Waals surface area contributed by atoms with Crippen LogP contribution in [0.5, 0.6) is 0 Å². The summed E-state index contributed by atoms with van der Waals surface area (Å²) in [6.45, 7) is 6.89. The fourth-order valence-electron chi connectivity index (χ4n) is 3.41. The molecule has 27 heavy (non-hydrogen) atoms. The number of piperazine rings is 1. The summed E-state index contributed by atoms with van der Waals surface area (Å²) in [7, 11) is 0. The fraction of sp³-hybridized carbons (Fsp3) is 0.333. The Kier molecular flexibility index (Phi) is 6.96. The monoisotopic (exact) mass is 368 g/mol. The van der Waals surface area contributed by atoms with Crippen molar-refractivity contribution in [1.29, 1.82) is 0 Å². The predicted molar refractivity (Wildman–Crippen MR) is 104 cm³/mol. The van der Waals surface area contributed by atoms with Gasteiger partial charge in [0.05, 0.1) is 13.1 Å². The molecule has 0 spiro atoms. The number of hydrogen-bond donors (Lipinski definition) is 4. The van der Waals surface area contributed by atoms with Crippen molar-refractivity contribution in [3.63, 3.8) is 0 Å². The summed E-state index contributed by atoms with van der Waals surface area (Å²) in [5.74, 6) is -1.19. The molecule has 1 aliphatic heterocycles. The first-order valence-corrected chi connectivity index (χ1v) is 9.56. The predicted octanol–water partition coefficient (Wildman–Crippen LogP) is -1.28. The van der Waals surface area contributed by atoms with Crippen LogP contribution in [0, 0.1) is 0 Å². The van der Waals surface area contributed by atoms with Gasteiger partial charge in [-0.05, 0) is 12.1 Å². The molecule has 1 aliphatic rings. The van der Waals surface area contributed by atoms with Gasteiger partial charge in [0, 0.05) is 11.3 Å². The van der Waals surface area contributed by atoms with Crippen molar-refractivity contribution in [2.75, 3.05) is 44.6 Å². The third kappa shape index (κ3) is 6.20. The number of rotatable bonds is 6. The zero-order valence-electron chi connectivity index (χ0n) is 15.5. The fourth-order valence-corrected chi connectivity index (χ4v) is 3.41. The molecule has 1 heterocycles. The molecule has 2 amide bonds. The van der Waals surface area contributed by atoms with E-state index in [2.05, 4.69) is 41.0 Å². The number of carbonyl (C=O) groups excluding carboxylic acids is 2. The van der Waals surface area contributed by atoms with E-state index in [-0.39, 0.29) is 0 Å². The van der Waals surface area contributed by atoms with Crippen LogP contribution in [0.2, 0.25) is 0 Å². The number of benzene rings is 2. The summed E-state index contributed by atoms with van der Waals surface area (Å²) < 4.78 is 0. The largest absolute Gasteiger partial charge is 0.342 e. The van der Waals surface area contributed by atoms with E-state index in [0.717, 1.165) is 39.3 Å². The van der Waals surface area contributed by atoms with Crippen LogP contribution < -0.4 is 20.4 Å². The number of quaternary nitrogens is 2. The van der Waals surface area contributed by atoms with Gasteiger partial charge in [-0.2, -0.15) is 0 Å². The molecule has 0 unspecified atom stereocenters. The van der Waals surface area contributed by atoms with Gasteiger partial charge in [-0.25, -0.2) is 0 Å². The second-order valence-electron chi connectivity index (χ2n) is 6.99. The molecule has 0 aliphatic carbocycles. The number of hydrogen-bond acceptors (Lipinski definition) is 2. The normalized spacial score (nSPS) is 19.3. The van der Waals surface area contributed by atoms with Gasteiger partial charge in [0.15, 0.2) is 0 Å². The Morgan fingerprint density at radius 3 is 2.04 bits per heavy atom. The van der Waals surface area contributed by atoms with E-state index in [9.17, 15) is 9.59 Å². The quantitative estimate of drug-likeness (QED) is 0.480. The van der Waals surface area contributed by atoms with Crippen molar-refractivity contribution in [1.82, 2.24) is 5.32 Å². The van der Waals surface area contributed by atoms with Gasteiger partial charge in [0.2, 0.25) is 0 Å². The van der Waals surface area contributed by atoms with Crippen LogP contribution in [0.4, 0.5) is 5.69 Å². The third-order valence-corrected chi connectivity index (χ3v) is 4.96. The van der Waals surface area contributed by atoms with E-state index in [4.69, 9.17) is 0 Å². The number of amides is 2. The van der Waals surface area contributed by atoms with Gasteiger partial charge >= 0.3 is 11.8 Å². The first kappa shape index (κ1) is 19.1. The molecule has 0 atom stereocenters. The van der Waals surface area contributed by atoms with Gasteiger partial charge < -0.3 is 20.4 Å². The van der Waals surface area contributed by atoms with Crippen molar-refractivity contribution in [3.05, 3.63) is 66.2 Å². The van der Waals surface area contributed by atoms with Crippen LogP contribution in [0.25, 0.3) is 0 Å². The van der Waals surface area contributed by atoms with Gasteiger partial charge in [-0.3, -0.25) is 9.59 Å². The summed E-state index contributed by atoms with van der Waals surface area (Å²) in [6, 6.07) is 19.6. The van der Waals surface area contributed by atoms with E-state index in [1.54, 1.807) is 17.0 Å². The Morgan fingerprint density at radius 1 is 0.778 bits per heavy atom. The highest BCUT2D eigenvalue weighted by Crippen LogP contribution is 2.04. The summed E-state index contributed by atoms with van der Waals surface area (Å²) in [5.41, 5.74) is 2.01. The van der Waals surface area contributed by atoms with Gasteiger partial charge in [0.1, 0.15) is 32.7 Å². The summed E-state index contributed by atoms with van der Waals surface area (Å²) in [5, 5.41) is 5.32. The van der Waals surface area contributed by atoms with Crippen LogP contribution in [-0.2, 0) is 16.1 Å². The van der Waals surface area contributed by atoms with Crippen molar-refractivity contribution in [2.24, 2.45) is 0 Å². The molecular formula is C21H28N4O2+2. The lowest BCUT2D eigenvalue weighted by Crippen LogP contribution is -3.27. The molecule has 2 aromatic rings. The second kappa shape index (κ2) is 9.85. The molecule has 1 saturated heterocycles. The van der Waals surface area contributed by atoms with Crippen LogP contribution in [0.15, 0.2) is 60.7 Å². The smallest absolute Gasteiger partial charge is 0.313 e. The van der Waals surface area contributed by atoms with Crippen LogP contribution in [0.1, 0.15) is 5.56 Å². The van der Waals surface area contributed by atoms with Crippen molar-refractivity contribution >= 4 is 17.5 Å². The Hall–Kier alpha value is -2.70.